The highest BCUT2D eigenvalue weighted by molar-refractivity contribution is 6.08. The normalized spacial score (nSPS) is 24.6. The molecule has 1 fully saturated rings. The summed E-state index contributed by atoms with van der Waals surface area (Å²) in [5, 5.41) is 79.2. The van der Waals surface area contributed by atoms with Crippen LogP contribution in [0.1, 0.15) is 56.4 Å². The zero-order valence-corrected chi connectivity index (χ0v) is 34.2. The number of hydrogen-bond donors (Lipinski definition) is 9. The molecule has 4 aliphatic heterocycles. The Morgan fingerprint density at radius 2 is 1.87 bits per heavy atom. The van der Waals surface area contributed by atoms with Crippen LogP contribution in [0.5, 0.6) is 17.2 Å². The van der Waals surface area contributed by atoms with Gasteiger partial charge in [-0.1, -0.05) is 13.0 Å². The number of carbonyl (C=O) groups excluding carboxylic acids is 1. The van der Waals surface area contributed by atoms with Gasteiger partial charge in [0.2, 0.25) is 17.2 Å². The van der Waals surface area contributed by atoms with E-state index in [0.29, 0.717) is 88.8 Å². The number of nitrogens with zero attached hydrogens (tertiary/aromatic N) is 1. The number of amides is 1. The third kappa shape index (κ3) is 7.94. The van der Waals surface area contributed by atoms with E-state index in [0.717, 1.165) is 21.9 Å². The van der Waals surface area contributed by atoms with Gasteiger partial charge in [0.15, 0.2) is 11.2 Å². The number of aliphatic hydroxyl groups is 5. The minimum Gasteiger partial charge on any atom is -0.508 e. The summed E-state index contributed by atoms with van der Waals surface area (Å²) in [5.74, 6) is 0.722. The molecule has 16 nitrogen and oxygen atoms in total. The molecule has 61 heavy (non-hydrogen) atoms. The number of aromatic hydroxyl groups is 2. The van der Waals surface area contributed by atoms with Gasteiger partial charge in [0.25, 0.3) is 0 Å². The van der Waals surface area contributed by atoms with E-state index in [1.54, 1.807) is 19.2 Å². The summed E-state index contributed by atoms with van der Waals surface area (Å²) < 4.78 is 13.5. The lowest BCUT2D eigenvalue weighted by atomic mass is 9.83. The SMILES string of the molecule is CCC1=C2C=CN=C2C[NH+]1c1c2c(cc3c(=O)cc(C)oc13)C[C@@H](OOC[C@@](O)(Cc1ccc(O)c3ccc(O)cc13)[C@@H](O)[C@H](O)[C@H](O)CO)[C@@](C)(CC[C@H]1CNC(=O)C1)O2. The first-order valence-corrected chi connectivity index (χ1v) is 20.6. The molecule has 0 radical (unpaired) electrons. The molecular weight excluding hydrogens is 791 g/mol. The summed E-state index contributed by atoms with van der Waals surface area (Å²) in [5.41, 5.74) is 1.27. The molecule has 0 spiro atoms. The quantitative estimate of drug-likeness (QED) is 0.0614. The molecule has 324 valence electrons. The molecule has 8 atom stereocenters. The van der Waals surface area contributed by atoms with Crippen molar-refractivity contribution in [3.8, 4) is 17.2 Å². The lowest BCUT2D eigenvalue weighted by Crippen LogP contribution is -3.04. The predicted octanol–water partition coefficient (Wildman–Crippen LogP) is 1.80. The summed E-state index contributed by atoms with van der Waals surface area (Å²) in [6, 6.07) is 10.3. The van der Waals surface area contributed by atoms with E-state index in [1.165, 1.54) is 36.4 Å². The van der Waals surface area contributed by atoms with E-state index in [-0.39, 0.29) is 35.2 Å². The van der Waals surface area contributed by atoms with E-state index in [1.807, 2.05) is 13.0 Å². The second kappa shape index (κ2) is 16.6. The van der Waals surface area contributed by atoms with Crippen molar-refractivity contribution in [3.05, 3.63) is 93.1 Å². The van der Waals surface area contributed by atoms with Gasteiger partial charge < -0.3 is 50.2 Å². The van der Waals surface area contributed by atoms with Crippen LogP contribution in [-0.4, -0.2) is 109 Å². The number of phenolic OH excluding ortho intramolecular Hbond substituents is 2. The molecule has 5 heterocycles. The summed E-state index contributed by atoms with van der Waals surface area (Å²) in [7, 11) is 0. The first kappa shape index (κ1) is 42.5. The number of quaternary nitrogens is 1. The fourth-order valence-corrected chi connectivity index (χ4v) is 9.23. The van der Waals surface area contributed by atoms with E-state index in [2.05, 4.69) is 17.2 Å². The van der Waals surface area contributed by atoms with Gasteiger partial charge in [-0.25, -0.2) is 9.78 Å². The van der Waals surface area contributed by atoms with Crippen LogP contribution in [0.4, 0.5) is 5.69 Å². The maximum absolute atomic E-state index is 13.6. The summed E-state index contributed by atoms with van der Waals surface area (Å²) >= 11 is 0. The van der Waals surface area contributed by atoms with Gasteiger partial charge in [-0.3, -0.25) is 19.5 Å². The van der Waals surface area contributed by atoms with Gasteiger partial charge in [0.05, 0.1) is 17.6 Å². The molecular formula is C45H52N3O13+. The van der Waals surface area contributed by atoms with Crippen LogP contribution in [0, 0.1) is 12.8 Å². The van der Waals surface area contributed by atoms with Crippen molar-refractivity contribution in [1.82, 2.24) is 5.32 Å². The maximum Gasteiger partial charge on any atom is 0.222 e. The second-order valence-corrected chi connectivity index (χ2v) is 16.9. The number of allylic oxidation sites excluding steroid dienone is 2. The number of nitrogens with one attached hydrogen (secondary N) is 2. The van der Waals surface area contributed by atoms with Crippen molar-refractivity contribution in [2.45, 2.75) is 94.9 Å². The lowest BCUT2D eigenvalue weighted by Gasteiger charge is -2.43. The van der Waals surface area contributed by atoms with Crippen molar-refractivity contribution in [2.24, 2.45) is 10.9 Å². The van der Waals surface area contributed by atoms with Gasteiger partial charge in [-0.2, -0.15) is 0 Å². The number of aryl methyl sites for hydroxylation is 1. The van der Waals surface area contributed by atoms with Crippen LogP contribution < -0.4 is 20.4 Å². The number of fused-ring (bicyclic) bond motifs is 4. The largest absolute Gasteiger partial charge is 0.508 e. The van der Waals surface area contributed by atoms with Crippen LogP contribution in [-0.2, 0) is 27.4 Å². The second-order valence-electron chi connectivity index (χ2n) is 16.9. The van der Waals surface area contributed by atoms with Gasteiger partial charge in [-0.15, -0.1) is 0 Å². The van der Waals surface area contributed by atoms with Crippen LogP contribution in [0.2, 0.25) is 0 Å². The molecule has 4 aliphatic rings. The standard InChI is InChI=1S/C45H51N3O13/c1-4-33-29-10-12-46-32(29)20-48(33)39-41-26(15-31-35(52)13-23(2)59-42(31)39)16-37(44(3,60-41)11-9-24-14-38(54)47-19-24)61-58-22-45(57,43(56)40(55)36(53)21-49)18-25-5-8-34(51)28-7-6-27(50)17-30(25)28/h5-8,10,12-13,15,17,24,36-37,40,43,49-51,53,55-57H,4,9,11,14,16,18-22H2,1-3H3,(H,47,54)/p+1/t24-,36-,37-,40-,43+,44-,45+/m1/s1. The first-order chi connectivity index (χ1) is 29.1. The Morgan fingerprint density at radius 3 is 2.61 bits per heavy atom. The molecule has 1 saturated heterocycles. The lowest BCUT2D eigenvalue weighted by molar-refractivity contribution is -0.776. The molecule has 8 rings (SSSR count). The average Bonchev–Trinajstić information content (AvgIpc) is 3.96. The Balaban J connectivity index is 1.17. The van der Waals surface area contributed by atoms with Crippen molar-refractivity contribution < 1.29 is 64.4 Å². The van der Waals surface area contributed by atoms with Crippen molar-refractivity contribution in [1.29, 1.82) is 0 Å². The number of aliphatic imine (C=N–C) groups is 1. The van der Waals surface area contributed by atoms with Gasteiger partial charge in [0.1, 0.15) is 77.4 Å². The zero-order valence-electron chi connectivity index (χ0n) is 34.2. The van der Waals surface area contributed by atoms with E-state index in [9.17, 15) is 45.3 Å². The summed E-state index contributed by atoms with van der Waals surface area (Å²) in [4.78, 5) is 43.5. The third-order valence-corrected chi connectivity index (χ3v) is 12.7. The molecule has 0 saturated carbocycles. The highest BCUT2D eigenvalue weighted by Gasteiger charge is 2.49. The molecule has 3 aromatic carbocycles. The van der Waals surface area contributed by atoms with Crippen LogP contribution in [0.3, 0.4) is 0 Å². The van der Waals surface area contributed by atoms with Gasteiger partial charge in [0, 0.05) is 55.4 Å². The Labute approximate surface area is 350 Å². The number of hydrogen-bond acceptors (Lipinski definition) is 14. The molecule has 16 heteroatoms. The van der Waals surface area contributed by atoms with Crippen molar-refractivity contribution in [2.75, 3.05) is 26.3 Å². The Bertz CT molecular complexity index is 2530. The Kier molecular flexibility index (Phi) is 11.6. The number of ether oxygens (including phenoxy) is 1. The number of phenols is 2. The minimum atomic E-state index is -2.40. The fraction of sp³-hybridized carbons (Fsp3) is 0.444. The maximum atomic E-state index is 13.6. The Morgan fingerprint density at radius 1 is 1.07 bits per heavy atom. The Hall–Kier alpha value is -5.17. The van der Waals surface area contributed by atoms with Gasteiger partial charge >= 0.3 is 0 Å². The number of benzene rings is 3. The van der Waals surface area contributed by atoms with Crippen molar-refractivity contribution >= 4 is 39.0 Å². The molecule has 1 aromatic heterocycles. The number of aliphatic hydroxyl groups excluding tert-OH is 4. The van der Waals surface area contributed by atoms with E-state index in [4.69, 9.17) is 18.9 Å². The monoisotopic (exact) mass is 842 g/mol. The van der Waals surface area contributed by atoms with Crippen molar-refractivity contribution in [3.63, 3.8) is 0 Å². The topological polar surface area (TPSA) is 245 Å². The van der Waals surface area contributed by atoms with E-state index < -0.39 is 55.3 Å². The molecule has 0 aliphatic carbocycles. The first-order valence-electron chi connectivity index (χ1n) is 20.6. The van der Waals surface area contributed by atoms with Crippen LogP contribution >= 0.6 is 0 Å². The highest BCUT2D eigenvalue weighted by atomic mass is 17.2. The van der Waals surface area contributed by atoms with Gasteiger partial charge in [-0.05, 0) is 80.0 Å². The van der Waals surface area contributed by atoms with Crippen LogP contribution in [0.25, 0.3) is 21.7 Å². The smallest absolute Gasteiger partial charge is 0.222 e. The zero-order chi connectivity index (χ0) is 43.4. The van der Waals surface area contributed by atoms with E-state index >= 15 is 0 Å². The average molecular weight is 843 g/mol. The molecule has 9 N–H and O–H groups in total. The fourth-order valence-electron chi connectivity index (χ4n) is 9.23. The molecule has 4 aromatic rings. The number of carbonyl (C=O) groups is 1. The summed E-state index contributed by atoms with van der Waals surface area (Å²) in [6.45, 7) is 4.96. The molecule has 1 unspecified atom stereocenters. The summed E-state index contributed by atoms with van der Waals surface area (Å²) in [6.07, 6.45) is -1.39. The number of rotatable bonds is 15. The molecule has 1 amide bonds. The minimum absolute atomic E-state index is 0.0247. The third-order valence-electron chi connectivity index (χ3n) is 12.7. The predicted molar refractivity (Wildman–Crippen MR) is 222 cm³/mol. The highest BCUT2D eigenvalue weighted by Crippen LogP contribution is 2.45. The molecule has 0 bridgehead atoms. The van der Waals surface area contributed by atoms with Crippen LogP contribution in [0.15, 0.2) is 80.2 Å².